The predicted molar refractivity (Wildman–Crippen MR) is 137 cm³/mol. The summed E-state index contributed by atoms with van der Waals surface area (Å²) in [6.07, 6.45) is 8.32. The zero-order chi connectivity index (χ0) is 25.0. The lowest BCUT2D eigenvalue weighted by Gasteiger charge is -2.18. The van der Waals surface area contributed by atoms with Gasteiger partial charge in [-0.2, -0.15) is 4.31 Å². The SMILES string of the molecule is CCN(CC)S(=O)(=O)c1ccc2c(c1)nc(CCC(=O)n1ccccc1=NC1CCCCC1)n2C. The van der Waals surface area contributed by atoms with E-state index in [1.807, 2.05) is 43.7 Å². The van der Waals surface area contributed by atoms with Crippen LogP contribution in [-0.2, 0) is 23.5 Å². The fourth-order valence-corrected chi connectivity index (χ4v) is 6.29. The van der Waals surface area contributed by atoms with Gasteiger partial charge < -0.3 is 4.57 Å². The van der Waals surface area contributed by atoms with Crippen molar-refractivity contribution in [1.82, 2.24) is 18.4 Å². The van der Waals surface area contributed by atoms with Gasteiger partial charge >= 0.3 is 0 Å². The summed E-state index contributed by atoms with van der Waals surface area (Å²) < 4.78 is 30.8. The lowest BCUT2D eigenvalue weighted by atomic mass is 9.96. The Balaban J connectivity index is 1.55. The van der Waals surface area contributed by atoms with E-state index in [2.05, 4.69) is 4.98 Å². The van der Waals surface area contributed by atoms with Gasteiger partial charge in [-0.15, -0.1) is 0 Å². The van der Waals surface area contributed by atoms with Crippen LogP contribution in [-0.4, -0.2) is 51.9 Å². The number of pyridine rings is 1. The van der Waals surface area contributed by atoms with Crippen LogP contribution in [0.15, 0.2) is 52.5 Å². The lowest BCUT2D eigenvalue weighted by molar-refractivity contribution is 0.0896. The molecule has 0 atom stereocenters. The highest BCUT2D eigenvalue weighted by Gasteiger charge is 2.23. The maximum atomic E-state index is 13.1. The number of rotatable bonds is 8. The molecule has 3 aromatic rings. The fraction of sp³-hybridized carbons (Fsp3) is 0.500. The first-order valence-corrected chi connectivity index (χ1v) is 14.0. The molecular formula is C26H35N5O3S. The van der Waals surface area contributed by atoms with Crippen molar-refractivity contribution in [3.05, 3.63) is 53.9 Å². The van der Waals surface area contributed by atoms with Crippen LogP contribution in [0.25, 0.3) is 11.0 Å². The number of nitrogens with zero attached hydrogens (tertiary/aromatic N) is 5. The second-order valence-electron chi connectivity index (χ2n) is 9.07. The second kappa shape index (κ2) is 10.9. The van der Waals surface area contributed by atoms with E-state index in [9.17, 15) is 13.2 Å². The Morgan fingerprint density at radius 1 is 1.11 bits per heavy atom. The molecule has 0 radical (unpaired) electrons. The van der Waals surface area contributed by atoms with E-state index in [4.69, 9.17) is 4.99 Å². The summed E-state index contributed by atoms with van der Waals surface area (Å²) >= 11 is 0. The minimum absolute atomic E-state index is 0.0305. The van der Waals surface area contributed by atoms with E-state index in [-0.39, 0.29) is 23.3 Å². The van der Waals surface area contributed by atoms with Crippen LogP contribution in [0.4, 0.5) is 0 Å². The first kappa shape index (κ1) is 25.3. The Hall–Kier alpha value is -2.78. The molecule has 0 amide bonds. The molecule has 0 bridgehead atoms. The van der Waals surface area contributed by atoms with Crippen molar-refractivity contribution in [1.29, 1.82) is 0 Å². The standard InChI is InChI=1S/C26H35N5O3S/c1-4-30(5-2)35(33,34)21-14-15-23-22(19-21)28-24(29(23)3)16-17-26(32)31-18-10-9-13-25(31)27-20-11-7-6-8-12-20/h9-10,13-15,18-20H,4-8,11-12,16-17H2,1-3H3. The summed E-state index contributed by atoms with van der Waals surface area (Å²) in [6, 6.07) is 11.0. The van der Waals surface area contributed by atoms with Crippen LogP contribution >= 0.6 is 0 Å². The molecule has 9 heteroatoms. The summed E-state index contributed by atoms with van der Waals surface area (Å²) in [4.78, 5) is 22.9. The first-order chi connectivity index (χ1) is 16.8. The monoisotopic (exact) mass is 497 g/mol. The Bertz CT molecular complexity index is 1360. The van der Waals surface area contributed by atoms with E-state index in [0.717, 1.165) is 24.2 Å². The van der Waals surface area contributed by atoms with Crippen molar-refractivity contribution in [2.24, 2.45) is 12.0 Å². The molecule has 188 valence electrons. The van der Waals surface area contributed by atoms with Crippen molar-refractivity contribution in [3.8, 4) is 0 Å². The summed E-state index contributed by atoms with van der Waals surface area (Å²) in [5.74, 6) is 0.713. The molecule has 1 aliphatic rings. The average Bonchev–Trinajstić information content (AvgIpc) is 3.19. The average molecular weight is 498 g/mol. The van der Waals surface area contributed by atoms with Gasteiger partial charge in [-0.25, -0.2) is 13.4 Å². The van der Waals surface area contributed by atoms with Gasteiger partial charge in [-0.1, -0.05) is 39.2 Å². The highest BCUT2D eigenvalue weighted by Crippen LogP contribution is 2.23. The molecular weight excluding hydrogens is 462 g/mol. The molecule has 0 aliphatic heterocycles. The molecule has 0 N–H and O–H groups in total. The molecule has 8 nitrogen and oxygen atoms in total. The van der Waals surface area contributed by atoms with Crippen molar-refractivity contribution in [2.45, 2.75) is 69.7 Å². The molecule has 1 aromatic carbocycles. The number of sulfonamides is 1. The summed E-state index contributed by atoms with van der Waals surface area (Å²) in [6.45, 7) is 4.49. The zero-order valence-corrected chi connectivity index (χ0v) is 21.7. The van der Waals surface area contributed by atoms with Gasteiger partial charge in [0.05, 0.1) is 22.0 Å². The smallest absolute Gasteiger partial charge is 0.243 e. The maximum Gasteiger partial charge on any atom is 0.243 e. The highest BCUT2D eigenvalue weighted by atomic mass is 32.2. The van der Waals surface area contributed by atoms with Crippen LogP contribution in [0, 0.1) is 0 Å². The van der Waals surface area contributed by atoms with Gasteiger partial charge in [-0.3, -0.25) is 14.4 Å². The number of imidazole rings is 1. The quantitative estimate of drug-likeness (QED) is 0.472. The number of carbonyl (C=O) groups excluding carboxylic acids is 1. The third-order valence-corrected chi connectivity index (χ3v) is 8.89. The molecule has 1 saturated carbocycles. The largest absolute Gasteiger partial charge is 0.331 e. The van der Waals surface area contributed by atoms with Crippen LogP contribution in [0.2, 0.25) is 0 Å². The minimum atomic E-state index is -3.56. The molecule has 0 unspecified atom stereocenters. The van der Waals surface area contributed by atoms with Crippen molar-refractivity contribution < 1.29 is 13.2 Å². The topological polar surface area (TPSA) is 89.6 Å². The van der Waals surface area contributed by atoms with Crippen LogP contribution in [0.3, 0.4) is 0 Å². The van der Waals surface area contributed by atoms with Gasteiger partial charge in [0.25, 0.3) is 0 Å². The zero-order valence-electron chi connectivity index (χ0n) is 20.9. The van der Waals surface area contributed by atoms with Crippen LogP contribution in [0.1, 0.15) is 63.0 Å². The second-order valence-corrected chi connectivity index (χ2v) is 11.0. The molecule has 4 rings (SSSR count). The number of hydrogen-bond acceptors (Lipinski definition) is 5. The Kier molecular flexibility index (Phi) is 7.86. The lowest BCUT2D eigenvalue weighted by Crippen LogP contribution is -2.30. The highest BCUT2D eigenvalue weighted by molar-refractivity contribution is 7.89. The summed E-state index contributed by atoms with van der Waals surface area (Å²) in [5.41, 5.74) is 2.16. The van der Waals surface area contributed by atoms with Crippen molar-refractivity contribution >= 4 is 27.0 Å². The van der Waals surface area contributed by atoms with E-state index in [1.165, 1.54) is 23.6 Å². The van der Waals surface area contributed by atoms with Gasteiger partial charge in [0.15, 0.2) is 0 Å². The number of aromatic nitrogens is 3. The molecule has 0 spiro atoms. The number of benzene rings is 1. The Morgan fingerprint density at radius 3 is 2.57 bits per heavy atom. The van der Waals surface area contributed by atoms with Gasteiger partial charge in [0, 0.05) is 39.2 Å². The summed E-state index contributed by atoms with van der Waals surface area (Å²) in [7, 11) is -1.66. The number of carbonyl (C=O) groups is 1. The molecule has 1 fully saturated rings. The maximum absolute atomic E-state index is 13.1. The Morgan fingerprint density at radius 2 is 1.86 bits per heavy atom. The third kappa shape index (κ3) is 5.41. The molecule has 2 heterocycles. The van der Waals surface area contributed by atoms with Crippen LogP contribution in [0.5, 0.6) is 0 Å². The molecule has 1 aliphatic carbocycles. The van der Waals surface area contributed by atoms with Crippen LogP contribution < -0.4 is 5.49 Å². The number of hydrogen-bond donors (Lipinski definition) is 0. The van der Waals surface area contributed by atoms with E-state index < -0.39 is 10.0 Å². The number of aryl methyl sites for hydroxylation is 2. The molecule has 0 saturated heterocycles. The normalized spacial score (nSPS) is 15.8. The number of fused-ring (bicyclic) bond motifs is 1. The van der Waals surface area contributed by atoms with E-state index in [0.29, 0.717) is 30.5 Å². The summed E-state index contributed by atoms with van der Waals surface area (Å²) in [5, 5.41) is 0. The van der Waals surface area contributed by atoms with Crippen molar-refractivity contribution in [2.75, 3.05) is 13.1 Å². The van der Waals surface area contributed by atoms with E-state index >= 15 is 0 Å². The van der Waals surface area contributed by atoms with Gasteiger partial charge in [0.2, 0.25) is 15.9 Å². The predicted octanol–water partition coefficient (Wildman–Crippen LogP) is 3.91. The molecule has 2 aromatic heterocycles. The fourth-order valence-electron chi connectivity index (χ4n) is 4.81. The Labute approximate surface area is 207 Å². The first-order valence-electron chi connectivity index (χ1n) is 12.5. The van der Waals surface area contributed by atoms with Gasteiger partial charge in [0.1, 0.15) is 11.3 Å². The third-order valence-electron chi connectivity index (χ3n) is 6.85. The minimum Gasteiger partial charge on any atom is -0.331 e. The van der Waals surface area contributed by atoms with E-state index in [1.54, 1.807) is 29.0 Å². The molecule has 35 heavy (non-hydrogen) atoms. The van der Waals surface area contributed by atoms with Gasteiger partial charge in [-0.05, 0) is 43.2 Å². The van der Waals surface area contributed by atoms with Crippen molar-refractivity contribution in [3.63, 3.8) is 0 Å².